The van der Waals surface area contributed by atoms with Crippen molar-refractivity contribution in [2.45, 2.75) is 12.5 Å². The van der Waals surface area contributed by atoms with Crippen LogP contribution in [0.15, 0.2) is 73.1 Å². The van der Waals surface area contributed by atoms with Crippen molar-refractivity contribution in [3.63, 3.8) is 0 Å². The highest BCUT2D eigenvalue weighted by Crippen LogP contribution is 2.39. The Morgan fingerprint density at radius 3 is 2.68 bits per heavy atom. The zero-order chi connectivity index (χ0) is 19.1. The lowest BCUT2D eigenvalue weighted by Crippen LogP contribution is -2.40. The van der Waals surface area contributed by atoms with E-state index in [1.807, 2.05) is 41.3 Å². The van der Waals surface area contributed by atoms with E-state index in [0.717, 1.165) is 23.2 Å². The lowest BCUT2D eigenvalue weighted by molar-refractivity contribution is 0.0691. The van der Waals surface area contributed by atoms with Gasteiger partial charge in [-0.15, -0.1) is 0 Å². The maximum Gasteiger partial charge on any atom is 0.256 e. The Hall–Kier alpha value is -3.11. The third-order valence-corrected chi connectivity index (χ3v) is 5.64. The van der Waals surface area contributed by atoms with Crippen LogP contribution in [0.3, 0.4) is 0 Å². The first-order chi connectivity index (χ1) is 13.7. The monoisotopic (exact) mass is 387 g/mol. The van der Waals surface area contributed by atoms with E-state index < -0.39 is 0 Å². The van der Waals surface area contributed by atoms with Gasteiger partial charge in [-0.3, -0.25) is 9.78 Å². The van der Waals surface area contributed by atoms with Gasteiger partial charge in [-0.1, -0.05) is 41.9 Å². The number of nitrogens with zero attached hydrogens (tertiary/aromatic N) is 2. The van der Waals surface area contributed by atoms with Crippen molar-refractivity contribution >= 4 is 28.4 Å². The van der Waals surface area contributed by atoms with E-state index in [9.17, 15) is 4.79 Å². The normalized spacial score (nSPS) is 16.2. The number of aromatic amines is 1. The fourth-order valence-electron chi connectivity index (χ4n) is 4.11. The zero-order valence-electron chi connectivity index (χ0n) is 15.1. The molecule has 4 nitrogen and oxygen atoms in total. The van der Waals surface area contributed by atoms with Crippen LogP contribution in [-0.4, -0.2) is 27.3 Å². The Bertz CT molecular complexity index is 1150. The number of para-hydroxylation sites is 1. The molecule has 28 heavy (non-hydrogen) atoms. The molecule has 3 heterocycles. The second-order valence-electron chi connectivity index (χ2n) is 7.01. The van der Waals surface area contributed by atoms with E-state index in [2.05, 4.69) is 28.2 Å². The Morgan fingerprint density at radius 1 is 1.07 bits per heavy atom. The Morgan fingerprint density at radius 2 is 1.89 bits per heavy atom. The number of rotatable bonds is 2. The number of amides is 1. The molecule has 2 aromatic heterocycles. The van der Waals surface area contributed by atoms with Crippen molar-refractivity contribution in [2.24, 2.45) is 0 Å². The predicted octanol–water partition coefficient (Wildman–Crippen LogP) is 5.00. The number of hydrogen-bond donors (Lipinski definition) is 1. The summed E-state index contributed by atoms with van der Waals surface area (Å²) in [5.41, 5.74) is 5.09. The average Bonchev–Trinajstić information content (AvgIpc) is 3.13. The highest BCUT2D eigenvalue weighted by atomic mass is 35.5. The molecule has 1 N–H and O–H groups in total. The molecule has 0 aliphatic carbocycles. The van der Waals surface area contributed by atoms with Crippen LogP contribution in [-0.2, 0) is 6.42 Å². The molecule has 5 heteroatoms. The standard InChI is InChI=1S/C23H18ClN3O/c24-17-9-7-15(8-10-17)22-21-19(18-5-1-2-6-20(18)26-21)11-13-27(22)23(28)16-4-3-12-25-14-16/h1-10,12,14,22,26H,11,13H2. The van der Waals surface area contributed by atoms with E-state index in [0.29, 0.717) is 17.1 Å². The van der Waals surface area contributed by atoms with Crippen molar-refractivity contribution in [2.75, 3.05) is 6.54 Å². The van der Waals surface area contributed by atoms with E-state index in [-0.39, 0.29) is 11.9 Å². The number of fused-ring (bicyclic) bond motifs is 3. The van der Waals surface area contributed by atoms with Gasteiger partial charge in [0.1, 0.15) is 0 Å². The number of halogens is 1. The molecule has 0 radical (unpaired) electrons. The molecular formula is C23H18ClN3O. The van der Waals surface area contributed by atoms with Crippen LogP contribution in [0.5, 0.6) is 0 Å². The van der Waals surface area contributed by atoms with Crippen molar-refractivity contribution in [1.29, 1.82) is 0 Å². The maximum atomic E-state index is 13.3. The molecule has 1 atom stereocenters. The van der Waals surface area contributed by atoms with Gasteiger partial charge >= 0.3 is 0 Å². The van der Waals surface area contributed by atoms with Crippen LogP contribution in [0.1, 0.15) is 33.2 Å². The number of nitrogens with one attached hydrogen (secondary N) is 1. The number of carbonyl (C=O) groups is 1. The number of benzene rings is 2. The third kappa shape index (κ3) is 2.77. The summed E-state index contributed by atoms with van der Waals surface area (Å²) in [5, 5.41) is 1.91. The van der Waals surface area contributed by atoms with Crippen LogP contribution < -0.4 is 0 Å². The SMILES string of the molecule is O=C(c1cccnc1)N1CCc2c([nH]c3ccccc23)C1c1ccc(Cl)cc1. The van der Waals surface area contributed by atoms with Gasteiger partial charge in [-0.05, 0) is 47.9 Å². The summed E-state index contributed by atoms with van der Waals surface area (Å²) in [5.74, 6) is -0.0163. The first-order valence-electron chi connectivity index (χ1n) is 9.28. The van der Waals surface area contributed by atoms with Crippen molar-refractivity contribution in [3.8, 4) is 0 Å². The molecule has 0 fully saturated rings. The number of hydrogen-bond acceptors (Lipinski definition) is 2. The molecule has 2 aromatic carbocycles. The molecule has 1 aliphatic rings. The molecular weight excluding hydrogens is 370 g/mol. The molecule has 0 saturated heterocycles. The van der Waals surface area contributed by atoms with Gasteiger partial charge in [0.2, 0.25) is 0 Å². The largest absolute Gasteiger partial charge is 0.356 e. The molecule has 1 unspecified atom stereocenters. The average molecular weight is 388 g/mol. The van der Waals surface area contributed by atoms with Crippen LogP contribution in [0.25, 0.3) is 10.9 Å². The number of carbonyl (C=O) groups excluding carboxylic acids is 1. The molecule has 0 spiro atoms. The molecule has 1 amide bonds. The second-order valence-corrected chi connectivity index (χ2v) is 7.44. The highest BCUT2D eigenvalue weighted by Gasteiger charge is 2.34. The maximum absolute atomic E-state index is 13.3. The van der Waals surface area contributed by atoms with Crippen molar-refractivity contribution in [1.82, 2.24) is 14.9 Å². The summed E-state index contributed by atoms with van der Waals surface area (Å²) < 4.78 is 0. The minimum absolute atomic E-state index is 0.0163. The lowest BCUT2D eigenvalue weighted by Gasteiger charge is -2.36. The zero-order valence-corrected chi connectivity index (χ0v) is 15.9. The molecule has 5 rings (SSSR count). The smallest absolute Gasteiger partial charge is 0.256 e. The van der Waals surface area contributed by atoms with Crippen LogP contribution in [0.2, 0.25) is 5.02 Å². The summed E-state index contributed by atoms with van der Waals surface area (Å²) in [6.07, 6.45) is 4.12. The summed E-state index contributed by atoms with van der Waals surface area (Å²) >= 11 is 6.11. The molecule has 4 aromatic rings. The summed E-state index contributed by atoms with van der Waals surface area (Å²) in [4.78, 5) is 22.9. The number of aromatic nitrogens is 2. The quantitative estimate of drug-likeness (QED) is 0.526. The van der Waals surface area contributed by atoms with Gasteiger partial charge < -0.3 is 9.88 Å². The van der Waals surface area contributed by atoms with Gasteiger partial charge in [0, 0.05) is 40.6 Å². The molecule has 138 valence electrons. The summed E-state index contributed by atoms with van der Waals surface area (Å²) in [6, 6.07) is 19.5. The lowest BCUT2D eigenvalue weighted by atomic mass is 9.92. The number of pyridine rings is 1. The Labute approximate surface area is 167 Å². The van der Waals surface area contributed by atoms with Crippen molar-refractivity contribution in [3.05, 3.63) is 100 Å². The van der Waals surface area contributed by atoms with Crippen molar-refractivity contribution < 1.29 is 4.79 Å². The first-order valence-corrected chi connectivity index (χ1v) is 9.66. The minimum atomic E-state index is -0.193. The highest BCUT2D eigenvalue weighted by molar-refractivity contribution is 6.30. The Kier molecular flexibility index (Phi) is 4.14. The third-order valence-electron chi connectivity index (χ3n) is 5.39. The Balaban J connectivity index is 1.67. The van der Waals surface area contributed by atoms with Crippen LogP contribution >= 0.6 is 11.6 Å². The fraction of sp³-hybridized carbons (Fsp3) is 0.130. The molecule has 0 bridgehead atoms. The van der Waals surface area contributed by atoms with Gasteiger partial charge in [-0.2, -0.15) is 0 Å². The van der Waals surface area contributed by atoms with E-state index >= 15 is 0 Å². The van der Waals surface area contributed by atoms with Gasteiger partial charge in [-0.25, -0.2) is 0 Å². The van der Waals surface area contributed by atoms with Crippen LogP contribution in [0, 0.1) is 0 Å². The van der Waals surface area contributed by atoms with Gasteiger partial charge in [0.15, 0.2) is 0 Å². The van der Waals surface area contributed by atoms with E-state index in [1.165, 1.54) is 10.9 Å². The van der Waals surface area contributed by atoms with E-state index in [4.69, 9.17) is 11.6 Å². The summed E-state index contributed by atoms with van der Waals surface area (Å²) in [6.45, 7) is 0.649. The minimum Gasteiger partial charge on any atom is -0.356 e. The van der Waals surface area contributed by atoms with Gasteiger partial charge in [0.05, 0.1) is 11.6 Å². The topological polar surface area (TPSA) is 49.0 Å². The summed E-state index contributed by atoms with van der Waals surface area (Å²) in [7, 11) is 0. The number of H-pyrrole nitrogens is 1. The molecule has 1 aliphatic heterocycles. The van der Waals surface area contributed by atoms with Crippen LogP contribution in [0.4, 0.5) is 0 Å². The fourth-order valence-corrected chi connectivity index (χ4v) is 4.23. The molecule has 0 saturated carbocycles. The predicted molar refractivity (Wildman–Crippen MR) is 111 cm³/mol. The first kappa shape index (κ1) is 17.0. The van der Waals surface area contributed by atoms with Gasteiger partial charge in [0.25, 0.3) is 5.91 Å². The second kappa shape index (κ2) is 6.80. The van der Waals surface area contributed by atoms with E-state index in [1.54, 1.807) is 18.5 Å².